The summed E-state index contributed by atoms with van der Waals surface area (Å²) in [5.41, 5.74) is 5.31. The van der Waals surface area contributed by atoms with Crippen molar-refractivity contribution in [2.75, 3.05) is 30.8 Å². The van der Waals surface area contributed by atoms with E-state index in [1.807, 2.05) is 64.1 Å². The number of aryl methyl sites for hydroxylation is 4. The molecule has 2 amide bonds. The maximum Gasteiger partial charge on any atom is 0.373 e. The lowest BCUT2D eigenvalue weighted by Crippen LogP contribution is -2.38. The lowest BCUT2D eigenvalue weighted by Gasteiger charge is -2.22. The highest BCUT2D eigenvalue weighted by Crippen LogP contribution is 2.21. The van der Waals surface area contributed by atoms with Gasteiger partial charge in [-0.05, 0) is 62.1 Å². The Labute approximate surface area is 205 Å². The molecule has 0 radical (unpaired) electrons. The van der Waals surface area contributed by atoms with Gasteiger partial charge in [0.15, 0.2) is 0 Å². The largest absolute Gasteiger partial charge is 0.463 e. The molecule has 0 unspecified atom stereocenters. The quantitative estimate of drug-likeness (QED) is 0.444. The van der Waals surface area contributed by atoms with E-state index in [0.29, 0.717) is 5.76 Å². The molecule has 0 aliphatic carbocycles. The predicted molar refractivity (Wildman–Crippen MR) is 134 cm³/mol. The van der Waals surface area contributed by atoms with E-state index in [4.69, 9.17) is 4.42 Å². The lowest BCUT2D eigenvalue weighted by atomic mass is 10.1. The van der Waals surface area contributed by atoms with E-state index in [0.717, 1.165) is 33.6 Å². The highest BCUT2D eigenvalue weighted by molar-refractivity contribution is 5.96. The molecule has 0 fully saturated rings. The highest BCUT2D eigenvalue weighted by Gasteiger charge is 2.20. The molecule has 1 aromatic heterocycles. The van der Waals surface area contributed by atoms with Gasteiger partial charge in [0.25, 0.3) is 0 Å². The van der Waals surface area contributed by atoms with Crippen LogP contribution in [0.5, 0.6) is 0 Å². The smallest absolute Gasteiger partial charge is 0.373 e. The first-order valence-electron chi connectivity index (χ1n) is 11.3. The van der Waals surface area contributed by atoms with Crippen LogP contribution in [-0.2, 0) is 20.9 Å². The molecule has 8 heteroatoms. The first-order valence-corrected chi connectivity index (χ1v) is 11.3. The van der Waals surface area contributed by atoms with Crippen LogP contribution in [0.2, 0.25) is 0 Å². The van der Waals surface area contributed by atoms with Crippen molar-refractivity contribution < 1.29 is 23.5 Å². The fourth-order valence-electron chi connectivity index (χ4n) is 3.85. The molecule has 2 aromatic carbocycles. The molecule has 3 rings (SSSR count). The first-order chi connectivity index (χ1) is 16.7. The molecule has 0 bridgehead atoms. The number of methoxy groups -OCH3 is 1. The van der Waals surface area contributed by atoms with Gasteiger partial charge in [-0.25, -0.2) is 4.79 Å². The summed E-state index contributed by atoms with van der Waals surface area (Å²) < 4.78 is 10.3. The number of carbonyl (C=O) groups excluding carboxylic acids is 3. The third-order valence-electron chi connectivity index (χ3n) is 5.65. The number of benzene rings is 2. The Hall–Kier alpha value is -3.91. The van der Waals surface area contributed by atoms with Crippen LogP contribution in [0.3, 0.4) is 0 Å². The number of amides is 2. The average molecular weight is 478 g/mol. The second-order valence-electron chi connectivity index (χ2n) is 8.53. The summed E-state index contributed by atoms with van der Waals surface area (Å²) in [4.78, 5) is 39.3. The Morgan fingerprint density at radius 3 is 1.66 bits per heavy atom. The van der Waals surface area contributed by atoms with Crippen molar-refractivity contribution in [3.8, 4) is 0 Å². The molecule has 35 heavy (non-hydrogen) atoms. The zero-order valence-corrected chi connectivity index (χ0v) is 20.7. The van der Waals surface area contributed by atoms with Gasteiger partial charge >= 0.3 is 5.97 Å². The molecule has 0 saturated carbocycles. The number of nitrogens with zero attached hydrogens (tertiary/aromatic N) is 1. The van der Waals surface area contributed by atoms with E-state index < -0.39 is 5.97 Å². The number of carbonyl (C=O) groups is 3. The molecule has 3 aromatic rings. The first kappa shape index (κ1) is 25.7. The molecule has 0 aliphatic rings. The Kier molecular flexibility index (Phi) is 8.43. The number of furan rings is 1. The molecule has 0 aliphatic heterocycles. The van der Waals surface area contributed by atoms with Crippen molar-refractivity contribution in [2.24, 2.45) is 0 Å². The van der Waals surface area contributed by atoms with E-state index in [1.54, 1.807) is 11.0 Å². The molecule has 184 valence electrons. The molecular weight excluding hydrogens is 446 g/mol. The summed E-state index contributed by atoms with van der Waals surface area (Å²) in [7, 11) is 1.27. The second-order valence-corrected chi connectivity index (χ2v) is 8.53. The number of nitrogens with one attached hydrogen (secondary N) is 2. The van der Waals surface area contributed by atoms with Gasteiger partial charge in [-0.1, -0.05) is 36.4 Å². The maximum atomic E-state index is 12.9. The van der Waals surface area contributed by atoms with Gasteiger partial charge < -0.3 is 19.8 Å². The van der Waals surface area contributed by atoms with Crippen molar-refractivity contribution in [3.63, 3.8) is 0 Å². The normalized spacial score (nSPS) is 10.8. The fraction of sp³-hybridized carbons (Fsp3) is 0.296. The summed E-state index contributed by atoms with van der Waals surface area (Å²) in [6, 6.07) is 14.7. The van der Waals surface area contributed by atoms with Crippen molar-refractivity contribution in [1.29, 1.82) is 0 Å². The summed E-state index contributed by atoms with van der Waals surface area (Å²) in [5.74, 6) is -0.625. The fourth-order valence-corrected chi connectivity index (χ4v) is 3.85. The molecule has 0 atom stereocenters. The zero-order chi connectivity index (χ0) is 25.5. The van der Waals surface area contributed by atoms with Crippen LogP contribution in [0.1, 0.15) is 38.6 Å². The van der Waals surface area contributed by atoms with E-state index >= 15 is 0 Å². The van der Waals surface area contributed by atoms with Crippen molar-refractivity contribution in [1.82, 2.24) is 4.90 Å². The van der Waals surface area contributed by atoms with Gasteiger partial charge in [0.05, 0.1) is 26.7 Å². The number of anilines is 2. The standard InChI is InChI=1S/C27H31N3O5/c1-17-8-6-9-18(2)25(17)28-23(31)15-30(14-21-12-13-22(35-21)27(33)34-5)16-24(32)29-26-19(3)10-7-11-20(26)4/h6-13H,14-16H2,1-5H3,(H,28,31)(H,29,32). The minimum atomic E-state index is -0.594. The number of para-hydroxylation sites is 2. The summed E-state index contributed by atoms with van der Waals surface area (Å²) >= 11 is 0. The molecule has 0 saturated heterocycles. The van der Waals surface area contributed by atoms with E-state index in [9.17, 15) is 14.4 Å². The van der Waals surface area contributed by atoms with E-state index in [1.165, 1.54) is 13.2 Å². The summed E-state index contributed by atoms with van der Waals surface area (Å²) in [6.45, 7) is 7.75. The number of rotatable bonds is 9. The van der Waals surface area contributed by atoms with Crippen molar-refractivity contribution in [2.45, 2.75) is 34.2 Å². The van der Waals surface area contributed by atoms with Crippen LogP contribution >= 0.6 is 0 Å². The minimum Gasteiger partial charge on any atom is -0.463 e. The van der Waals surface area contributed by atoms with Crippen LogP contribution in [0.4, 0.5) is 11.4 Å². The minimum absolute atomic E-state index is 0.0534. The predicted octanol–water partition coefficient (Wildman–Crippen LogP) is 4.38. The highest BCUT2D eigenvalue weighted by atomic mass is 16.5. The molecule has 0 spiro atoms. The summed E-state index contributed by atoms with van der Waals surface area (Å²) in [5, 5.41) is 5.90. The van der Waals surface area contributed by atoms with Crippen LogP contribution in [0, 0.1) is 27.7 Å². The average Bonchev–Trinajstić information content (AvgIpc) is 3.27. The van der Waals surface area contributed by atoms with E-state index in [-0.39, 0.29) is 37.2 Å². The van der Waals surface area contributed by atoms with Crippen LogP contribution in [0.15, 0.2) is 52.9 Å². The molecule has 1 heterocycles. The molecule has 2 N–H and O–H groups in total. The Bertz CT molecular complexity index is 1120. The monoisotopic (exact) mass is 477 g/mol. The lowest BCUT2D eigenvalue weighted by molar-refractivity contribution is -0.120. The SMILES string of the molecule is COC(=O)c1ccc(CN(CC(=O)Nc2c(C)cccc2C)CC(=O)Nc2c(C)cccc2C)o1. The van der Waals surface area contributed by atoms with E-state index in [2.05, 4.69) is 15.4 Å². The Balaban J connectivity index is 1.76. The number of hydrogen-bond donors (Lipinski definition) is 2. The van der Waals surface area contributed by atoms with Gasteiger partial charge in [0.1, 0.15) is 5.76 Å². The Morgan fingerprint density at radius 2 is 1.23 bits per heavy atom. The van der Waals surface area contributed by atoms with Gasteiger partial charge in [-0.2, -0.15) is 0 Å². The van der Waals surface area contributed by atoms with Gasteiger partial charge in [0.2, 0.25) is 17.6 Å². The van der Waals surface area contributed by atoms with Crippen LogP contribution in [0.25, 0.3) is 0 Å². The topological polar surface area (TPSA) is 101 Å². The third-order valence-corrected chi connectivity index (χ3v) is 5.65. The number of hydrogen-bond acceptors (Lipinski definition) is 6. The summed E-state index contributed by atoms with van der Waals surface area (Å²) in [6.07, 6.45) is 0. The van der Waals surface area contributed by atoms with Crippen LogP contribution in [-0.4, -0.2) is 42.9 Å². The third kappa shape index (κ3) is 6.80. The van der Waals surface area contributed by atoms with Gasteiger partial charge in [-0.3, -0.25) is 14.5 Å². The second kappa shape index (κ2) is 11.5. The zero-order valence-electron chi connectivity index (χ0n) is 20.7. The molecule has 8 nitrogen and oxygen atoms in total. The number of esters is 1. The van der Waals surface area contributed by atoms with Gasteiger partial charge in [-0.15, -0.1) is 0 Å². The van der Waals surface area contributed by atoms with Crippen LogP contribution < -0.4 is 10.6 Å². The van der Waals surface area contributed by atoms with Gasteiger partial charge in [0, 0.05) is 11.4 Å². The molecular formula is C27H31N3O5. The Morgan fingerprint density at radius 1 is 0.771 bits per heavy atom. The maximum absolute atomic E-state index is 12.9. The van der Waals surface area contributed by atoms with Crippen molar-refractivity contribution >= 4 is 29.2 Å². The van der Waals surface area contributed by atoms with Crippen molar-refractivity contribution in [3.05, 3.63) is 82.3 Å². The number of ether oxygens (including phenoxy) is 1.